The average molecular weight is 437 g/mol. The normalized spacial score (nSPS) is 16.9. The summed E-state index contributed by atoms with van der Waals surface area (Å²) in [6.45, 7) is 3.75. The van der Waals surface area contributed by atoms with Crippen LogP contribution in [0.4, 0.5) is 0 Å². The van der Waals surface area contributed by atoms with Crippen LogP contribution in [0.5, 0.6) is 11.5 Å². The van der Waals surface area contributed by atoms with Crippen molar-refractivity contribution >= 4 is 0 Å². The zero-order valence-electron chi connectivity index (χ0n) is 19.2. The van der Waals surface area contributed by atoms with Crippen molar-refractivity contribution in [2.45, 2.75) is 31.8 Å². The zero-order chi connectivity index (χ0) is 22.3. The predicted molar refractivity (Wildman–Crippen MR) is 124 cm³/mol. The second kappa shape index (κ2) is 10.6. The Morgan fingerprint density at radius 1 is 1.09 bits per heavy atom. The molecule has 1 saturated heterocycles. The van der Waals surface area contributed by atoms with Crippen LogP contribution in [0.2, 0.25) is 0 Å². The van der Waals surface area contributed by atoms with Crippen molar-refractivity contribution in [2.75, 3.05) is 40.9 Å². The van der Waals surface area contributed by atoms with E-state index >= 15 is 0 Å². The standard InChI is InChI=1S/C25H32N4O3/c1-28(15-13-19-11-12-22(30-2)23(16-19)31-3)21-10-7-14-29(17-21)18-24-26-25(27-32-24)20-8-5-4-6-9-20/h4-6,8-9,11-12,16,21H,7,10,13-15,17-18H2,1-3H3/t21-/m0/s1. The number of hydrogen-bond donors (Lipinski definition) is 0. The number of likely N-dealkylation sites (N-methyl/N-ethyl adjacent to an activating group) is 1. The van der Waals surface area contributed by atoms with Gasteiger partial charge in [-0.05, 0) is 50.6 Å². The molecule has 0 bridgehead atoms. The Balaban J connectivity index is 1.30. The van der Waals surface area contributed by atoms with E-state index in [-0.39, 0.29) is 0 Å². The molecular formula is C25H32N4O3. The van der Waals surface area contributed by atoms with Crippen molar-refractivity contribution in [3.63, 3.8) is 0 Å². The molecule has 3 aromatic rings. The third-order valence-corrected chi connectivity index (χ3v) is 6.16. The van der Waals surface area contributed by atoms with Gasteiger partial charge in [0.05, 0.1) is 20.8 Å². The van der Waals surface area contributed by atoms with Gasteiger partial charge in [-0.1, -0.05) is 41.6 Å². The predicted octanol–water partition coefficient (Wildman–Crippen LogP) is 3.89. The molecule has 0 amide bonds. The number of aromatic nitrogens is 2. The number of methoxy groups -OCH3 is 2. The smallest absolute Gasteiger partial charge is 0.241 e. The van der Waals surface area contributed by atoms with Gasteiger partial charge in [0.25, 0.3) is 0 Å². The first-order valence-electron chi connectivity index (χ1n) is 11.2. The van der Waals surface area contributed by atoms with Crippen molar-refractivity contribution in [3.8, 4) is 22.9 Å². The maximum absolute atomic E-state index is 5.53. The molecule has 1 aliphatic rings. The van der Waals surface area contributed by atoms with Gasteiger partial charge in [-0.25, -0.2) is 0 Å². The minimum Gasteiger partial charge on any atom is -0.493 e. The second-order valence-corrected chi connectivity index (χ2v) is 8.33. The fraction of sp³-hybridized carbons (Fsp3) is 0.440. The lowest BCUT2D eigenvalue weighted by molar-refractivity contribution is 0.103. The van der Waals surface area contributed by atoms with Crippen molar-refractivity contribution in [1.29, 1.82) is 0 Å². The van der Waals surface area contributed by atoms with E-state index in [9.17, 15) is 0 Å². The fourth-order valence-electron chi connectivity index (χ4n) is 4.27. The summed E-state index contributed by atoms with van der Waals surface area (Å²) < 4.78 is 16.3. The van der Waals surface area contributed by atoms with Crippen molar-refractivity contribution in [3.05, 3.63) is 60.0 Å². The van der Waals surface area contributed by atoms with Crippen LogP contribution in [0, 0.1) is 0 Å². The molecule has 1 fully saturated rings. The Morgan fingerprint density at radius 2 is 1.91 bits per heavy atom. The summed E-state index contributed by atoms with van der Waals surface area (Å²) in [7, 11) is 5.56. The fourth-order valence-corrected chi connectivity index (χ4v) is 4.27. The quantitative estimate of drug-likeness (QED) is 0.504. The maximum Gasteiger partial charge on any atom is 0.241 e. The number of nitrogens with zero attached hydrogens (tertiary/aromatic N) is 4. The van der Waals surface area contributed by atoms with Crippen LogP contribution in [0.1, 0.15) is 24.3 Å². The van der Waals surface area contributed by atoms with Crippen LogP contribution in [0.3, 0.4) is 0 Å². The number of benzene rings is 2. The van der Waals surface area contributed by atoms with Crippen LogP contribution in [0.15, 0.2) is 53.1 Å². The van der Waals surface area contributed by atoms with E-state index in [0.29, 0.717) is 24.3 Å². The number of likely N-dealkylation sites (tertiary alicyclic amines) is 1. The minimum absolute atomic E-state index is 0.514. The molecule has 2 aromatic carbocycles. The highest BCUT2D eigenvalue weighted by Crippen LogP contribution is 2.28. The van der Waals surface area contributed by atoms with Crippen molar-refractivity contribution in [2.24, 2.45) is 0 Å². The third-order valence-electron chi connectivity index (χ3n) is 6.16. The van der Waals surface area contributed by atoms with E-state index < -0.39 is 0 Å². The molecule has 2 heterocycles. The second-order valence-electron chi connectivity index (χ2n) is 8.33. The van der Waals surface area contributed by atoms with E-state index in [2.05, 4.69) is 39.1 Å². The molecule has 0 radical (unpaired) electrons. The summed E-state index contributed by atoms with van der Waals surface area (Å²) in [6.07, 6.45) is 3.35. The van der Waals surface area contributed by atoms with Gasteiger partial charge < -0.3 is 18.9 Å². The van der Waals surface area contributed by atoms with E-state index in [1.54, 1.807) is 14.2 Å². The molecule has 1 aromatic heterocycles. The maximum atomic E-state index is 5.53. The number of rotatable bonds is 9. The molecule has 32 heavy (non-hydrogen) atoms. The van der Waals surface area contributed by atoms with E-state index in [4.69, 9.17) is 14.0 Å². The third kappa shape index (κ3) is 5.47. The lowest BCUT2D eigenvalue weighted by Gasteiger charge is -2.37. The lowest BCUT2D eigenvalue weighted by Crippen LogP contribution is -2.46. The number of piperidine rings is 1. The summed E-state index contributed by atoms with van der Waals surface area (Å²) in [6, 6.07) is 16.6. The van der Waals surface area contributed by atoms with Crippen LogP contribution in [-0.4, -0.2) is 66.9 Å². The van der Waals surface area contributed by atoms with Gasteiger partial charge in [0.15, 0.2) is 11.5 Å². The van der Waals surface area contributed by atoms with Crippen LogP contribution in [0.25, 0.3) is 11.4 Å². The molecule has 7 nitrogen and oxygen atoms in total. The molecule has 0 unspecified atom stereocenters. The van der Waals surface area contributed by atoms with E-state index in [1.807, 2.05) is 36.4 Å². The molecule has 1 aliphatic heterocycles. The number of hydrogen-bond acceptors (Lipinski definition) is 7. The van der Waals surface area contributed by atoms with Crippen LogP contribution in [-0.2, 0) is 13.0 Å². The molecule has 0 saturated carbocycles. The highest BCUT2D eigenvalue weighted by atomic mass is 16.5. The highest BCUT2D eigenvalue weighted by Gasteiger charge is 2.24. The van der Waals surface area contributed by atoms with Gasteiger partial charge in [0.1, 0.15) is 0 Å². The molecule has 170 valence electrons. The van der Waals surface area contributed by atoms with Crippen molar-refractivity contribution < 1.29 is 14.0 Å². The van der Waals surface area contributed by atoms with Gasteiger partial charge >= 0.3 is 0 Å². The average Bonchev–Trinajstić information content (AvgIpc) is 3.31. The Bertz CT molecular complexity index is 992. The first-order chi connectivity index (χ1) is 15.7. The monoisotopic (exact) mass is 436 g/mol. The summed E-state index contributed by atoms with van der Waals surface area (Å²) in [5, 5.41) is 4.15. The minimum atomic E-state index is 0.514. The van der Waals surface area contributed by atoms with Crippen LogP contribution < -0.4 is 9.47 Å². The van der Waals surface area contributed by atoms with E-state index in [0.717, 1.165) is 43.1 Å². The molecule has 4 rings (SSSR count). The highest BCUT2D eigenvalue weighted by molar-refractivity contribution is 5.53. The lowest BCUT2D eigenvalue weighted by atomic mass is 10.0. The van der Waals surface area contributed by atoms with Crippen LogP contribution >= 0.6 is 0 Å². The molecule has 1 atom stereocenters. The SMILES string of the molecule is COc1ccc(CCN(C)[C@H]2CCCN(Cc3nc(-c4ccccc4)no3)C2)cc1OC. The van der Waals surface area contributed by atoms with Gasteiger partial charge in [-0.2, -0.15) is 4.98 Å². The largest absolute Gasteiger partial charge is 0.493 e. The Hall–Kier alpha value is -2.90. The molecular weight excluding hydrogens is 404 g/mol. The number of ether oxygens (including phenoxy) is 2. The Kier molecular flexibility index (Phi) is 7.39. The van der Waals surface area contributed by atoms with Gasteiger partial charge in [-0.3, -0.25) is 4.90 Å². The topological polar surface area (TPSA) is 63.9 Å². The molecule has 0 aliphatic carbocycles. The molecule has 7 heteroatoms. The Morgan fingerprint density at radius 3 is 2.69 bits per heavy atom. The van der Waals surface area contributed by atoms with E-state index in [1.165, 1.54) is 18.4 Å². The zero-order valence-corrected chi connectivity index (χ0v) is 19.2. The van der Waals surface area contributed by atoms with Gasteiger partial charge in [-0.15, -0.1) is 0 Å². The first-order valence-corrected chi connectivity index (χ1v) is 11.2. The molecule has 0 spiro atoms. The van der Waals surface area contributed by atoms with Crippen molar-refractivity contribution in [1.82, 2.24) is 19.9 Å². The van der Waals surface area contributed by atoms with Gasteiger partial charge in [0.2, 0.25) is 11.7 Å². The van der Waals surface area contributed by atoms with Gasteiger partial charge in [0, 0.05) is 24.7 Å². The first kappa shape index (κ1) is 22.3. The summed E-state index contributed by atoms with van der Waals surface area (Å²) in [5.74, 6) is 2.88. The molecule has 0 N–H and O–H groups in total. The summed E-state index contributed by atoms with van der Waals surface area (Å²) >= 11 is 0. The Labute approximate surface area is 189 Å². The summed E-state index contributed by atoms with van der Waals surface area (Å²) in [5.41, 5.74) is 2.23. The summed E-state index contributed by atoms with van der Waals surface area (Å²) in [4.78, 5) is 9.48.